The molecule has 1 N–H and O–H groups in total. The number of hydrogen-bond acceptors (Lipinski definition) is 3. The minimum Gasteiger partial charge on any atom is -0.490 e. The second-order valence-corrected chi connectivity index (χ2v) is 6.86. The maximum Gasteiger partial charge on any atom is 0.120 e. The molecule has 2 unspecified atom stereocenters. The predicted molar refractivity (Wildman–Crippen MR) is 82.7 cm³/mol. The predicted octanol–water partition coefficient (Wildman–Crippen LogP) is 3.37. The van der Waals surface area contributed by atoms with Crippen LogP contribution in [0.5, 0.6) is 5.75 Å². The molecular weight excluding hydrogens is 262 g/mol. The Hall–Kier alpha value is -1.06. The highest BCUT2D eigenvalue weighted by Gasteiger charge is 2.43. The molecule has 4 rings (SSSR count). The standard InChI is InChI=1S/C18H25NO2/c1-19-17-6-3-13-11-14(4-5-16(13)17)21-15-7-10-20-18(12-15)8-2-9-18/h4-5,11,15,17,19H,2-3,6-10,12H2,1H3. The van der Waals surface area contributed by atoms with Crippen LogP contribution in [0.15, 0.2) is 18.2 Å². The summed E-state index contributed by atoms with van der Waals surface area (Å²) in [5.74, 6) is 1.05. The van der Waals surface area contributed by atoms with Crippen molar-refractivity contribution in [2.45, 2.75) is 62.7 Å². The molecule has 1 saturated heterocycles. The highest BCUT2D eigenvalue weighted by atomic mass is 16.5. The van der Waals surface area contributed by atoms with Crippen molar-refractivity contribution in [3.05, 3.63) is 29.3 Å². The topological polar surface area (TPSA) is 30.5 Å². The summed E-state index contributed by atoms with van der Waals surface area (Å²) in [5.41, 5.74) is 3.07. The van der Waals surface area contributed by atoms with Crippen LogP contribution in [-0.4, -0.2) is 25.4 Å². The van der Waals surface area contributed by atoms with Gasteiger partial charge in [0.05, 0.1) is 12.2 Å². The first-order chi connectivity index (χ1) is 10.3. The maximum absolute atomic E-state index is 6.28. The van der Waals surface area contributed by atoms with Crippen LogP contribution in [0.25, 0.3) is 0 Å². The largest absolute Gasteiger partial charge is 0.490 e. The minimum absolute atomic E-state index is 0.164. The lowest BCUT2D eigenvalue weighted by atomic mass is 9.74. The van der Waals surface area contributed by atoms with Gasteiger partial charge in [0.15, 0.2) is 0 Å². The number of ether oxygens (including phenoxy) is 2. The van der Waals surface area contributed by atoms with Gasteiger partial charge in [0, 0.05) is 18.9 Å². The molecule has 1 heterocycles. The van der Waals surface area contributed by atoms with E-state index < -0.39 is 0 Å². The van der Waals surface area contributed by atoms with E-state index in [2.05, 4.69) is 23.5 Å². The SMILES string of the molecule is CNC1CCc2cc(OC3CCOC4(CCC4)C3)ccc21. The van der Waals surface area contributed by atoms with Gasteiger partial charge in [0.2, 0.25) is 0 Å². The molecule has 0 amide bonds. The summed E-state index contributed by atoms with van der Waals surface area (Å²) in [6.45, 7) is 0.859. The normalized spacial score (nSPS) is 30.0. The van der Waals surface area contributed by atoms with E-state index in [9.17, 15) is 0 Å². The fourth-order valence-corrected chi connectivity index (χ4v) is 4.16. The molecule has 1 aromatic carbocycles. The Labute approximate surface area is 127 Å². The number of nitrogens with one attached hydrogen (secondary N) is 1. The zero-order valence-corrected chi connectivity index (χ0v) is 12.9. The van der Waals surface area contributed by atoms with E-state index >= 15 is 0 Å². The Morgan fingerprint density at radius 1 is 1.29 bits per heavy atom. The van der Waals surface area contributed by atoms with Gasteiger partial charge >= 0.3 is 0 Å². The summed E-state index contributed by atoms with van der Waals surface area (Å²) in [7, 11) is 2.05. The molecule has 1 aromatic rings. The smallest absolute Gasteiger partial charge is 0.120 e. The van der Waals surface area contributed by atoms with Crippen LogP contribution in [-0.2, 0) is 11.2 Å². The summed E-state index contributed by atoms with van der Waals surface area (Å²) < 4.78 is 12.3. The molecule has 2 aliphatic carbocycles. The fraction of sp³-hybridized carbons (Fsp3) is 0.667. The second kappa shape index (κ2) is 5.29. The quantitative estimate of drug-likeness (QED) is 0.924. The van der Waals surface area contributed by atoms with Crippen molar-refractivity contribution in [2.24, 2.45) is 0 Å². The van der Waals surface area contributed by atoms with Crippen LogP contribution in [0.1, 0.15) is 55.7 Å². The van der Waals surface area contributed by atoms with Crippen molar-refractivity contribution < 1.29 is 9.47 Å². The Balaban J connectivity index is 1.45. The van der Waals surface area contributed by atoms with Crippen molar-refractivity contribution in [2.75, 3.05) is 13.7 Å². The van der Waals surface area contributed by atoms with E-state index in [-0.39, 0.29) is 5.60 Å². The third-order valence-electron chi connectivity index (χ3n) is 5.56. The molecule has 2 fully saturated rings. The maximum atomic E-state index is 6.28. The first kappa shape index (κ1) is 13.6. The highest BCUT2D eigenvalue weighted by molar-refractivity contribution is 5.40. The van der Waals surface area contributed by atoms with Gasteiger partial charge < -0.3 is 14.8 Å². The van der Waals surface area contributed by atoms with E-state index in [1.165, 1.54) is 36.8 Å². The lowest BCUT2D eigenvalue weighted by Crippen LogP contribution is -2.48. The number of fused-ring (bicyclic) bond motifs is 1. The summed E-state index contributed by atoms with van der Waals surface area (Å²) >= 11 is 0. The van der Waals surface area contributed by atoms with Crippen molar-refractivity contribution in [1.82, 2.24) is 5.32 Å². The average Bonchev–Trinajstić information content (AvgIpc) is 2.88. The third-order valence-corrected chi connectivity index (χ3v) is 5.56. The Morgan fingerprint density at radius 2 is 2.19 bits per heavy atom. The summed E-state index contributed by atoms with van der Waals surface area (Å²) in [4.78, 5) is 0. The van der Waals surface area contributed by atoms with Crippen LogP contribution < -0.4 is 10.1 Å². The van der Waals surface area contributed by atoms with E-state index in [0.717, 1.165) is 31.6 Å². The first-order valence-corrected chi connectivity index (χ1v) is 8.39. The monoisotopic (exact) mass is 287 g/mol. The number of benzene rings is 1. The van der Waals surface area contributed by atoms with Crippen LogP contribution in [0.3, 0.4) is 0 Å². The van der Waals surface area contributed by atoms with E-state index in [4.69, 9.17) is 9.47 Å². The first-order valence-electron chi connectivity index (χ1n) is 8.39. The molecule has 2 atom stereocenters. The summed E-state index contributed by atoms with van der Waals surface area (Å²) in [6.07, 6.45) is 8.56. The lowest BCUT2D eigenvalue weighted by molar-refractivity contribution is -0.153. The van der Waals surface area contributed by atoms with Gasteiger partial charge in [-0.3, -0.25) is 0 Å². The van der Waals surface area contributed by atoms with Crippen molar-refractivity contribution in [3.8, 4) is 5.75 Å². The molecular formula is C18H25NO2. The van der Waals surface area contributed by atoms with Crippen molar-refractivity contribution >= 4 is 0 Å². The molecule has 0 radical (unpaired) electrons. The Morgan fingerprint density at radius 3 is 2.95 bits per heavy atom. The molecule has 1 saturated carbocycles. The van der Waals surface area contributed by atoms with Gasteiger partial charge in [-0.2, -0.15) is 0 Å². The Kier molecular flexibility index (Phi) is 3.43. The molecule has 1 spiro atoms. The van der Waals surface area contributed by atoms with E-state index in [1.807, 2.05) is 7.05 Å². The summed E-state index contributed by atoms with van der Waals surface area (Å²) in [5, 5.41) is 3.39. The molecule has 3 heteroatoms. The van der Waals surface area contributed by atoms with Gasteiger partial charge in [-0.05, 0) is 62.4 Å². The minimum atomic E-state index is 0.164. The van der Waals surface area contributed by atoms with E-state index in [0.29, 0.717) is 12.1 Å². The van der Waals surface area contributed by atoms with Crippen molar-refractivity contribution in [1.29, 1.82) is 0 Å². The van der Waals surface area contributed by atoms with Gasteiger partial charge in [-0.1, -0.05) is 6.07 Å². The van der Waals surface area contributed by atoms with Crippen LogP contribution in [0.2, 0.25) is 0 Å². The Bertz CT molecular complexity index is 524. The van der Waals surface area contributed by atoms with Crippen LogP contribution >= 0.6 is 0 Å². The molecule has 3 nitrogen and oxygen atoms in total. The molecule has 0 aromatic heterocycles. The zero-order chi connectivity index (χ0) is 14.3. The van der Waals surface area contributed by atoms with Crippen molar-refractivity contribution in [3.63, 3.8) is 0 Å². The third kappa shape index (κ3) is 2.47. The molecule has 0 bridgehead atoms. The van der Waals surface area contributed by atoms with Crippen LogP contribution in [0, 0.1) is 0 Å². The molecule has 1 aliphatic heterocycles. The summed E-state index contributed by atoms with van der Waals surface area (Å²) in [6, 6.07) is 7.18. The fourth-order valence-electron chi connectivity index (χ4n) is 4.16. The number of rotatable bonds is 3. The molecule has 21 heavy (non-hydrogen) atoms. The van der Waals surface area contributed by atoms with Crippen LogP contribution in [0.4, 0.5) is 0 Å². The van der Waals surface area contributed by atoms with Gasteiger partial charge in [-0.25, -0.2) is 0 Å². The highest BCUT2D eigenvalue weighted by Crippen LogP contribution is 2.43. The molecule has 114 valence electrons. The lowest BCUT2D eigenvalue weighted by Gasteiger charge is -2.46. The van der Waals surface area contributed by atoms with Gasteiger partial charge in [0.25, 0.3) is 0 Å². The average molecular weight is 287 g/mol. The zero-order valence-electron chi connectivity index (χ0n) is 12.9. The second-order valence-electron chi connectivity index (χ2n) is 6.86. The van der Waals surface area contributed by atoms with Gasteiger partial charge in [0.1, 0.15) is 11.9 Å². The van der Waals surface area contributed by atoms with E-state index in [1.54, 1.807) is 0 Å². The number of hydrogen-bond donors (Lipinski definition) is 1. The van der Waals surface area contributed by atoms with Gasteiger partial charge in [-0.15, -0.1) is 0 Å². The number of aryl methyl sites for hydroxylation is 1. The molecule has 3 aliphatic rings.